The molecule has 1 N–H and O–H groups in total. The maximum atomic E-state index is 13.9. The van der Waals surface area contributed by atoms with Crippen molar-refractivity contribution in [2.75, 3.05) is 76.5 Å². The second-order valence-electron chi connectivity index (χ2n) is 15.8. The number of nitrogens with one attached hydrogen (secondary N) is 1. The molecule has 5 aromatic rings. The van der Waals surface area contributed by atoms with E-state index >= 15 is 0 Å². The summed E-state index contributed by atoms with van der Waals surface area (Å²) in [4.78, 5) is 34.2. The monoisotopic (exact) mass is 794 g/mol. The average molecular weight is 795 g/mol. The molecule has 2 unspecified atom stereocenters. The lowest BCUT2D eigenvalue weighted by molar-refractivity contribution is 0.0666. The summed E-state index contributed by atoms with van der Waals surface area (Å²) in [5.41, 5.74) is 6.14. The fourth-order valence-electron chi connectivity index (χ4n) is 8.26. The van der Waals surface area contributed by atoms with Gasteiger partial charge in [0.2, 0.25) is 0 Å². The zero-order chi connectivity index (χ0) is 41.5. The molecular weight excluding hydrogens is 733 g/mol. The molecule has 0 aliphatic carbocycles. The number of ketones is 2. The minimum absolute atomic E-state index is 0.147. The summed E-state index contributed by atoms with van der Waals surface area (Å²) in [5, 5.41) is 3.65. The Kier molecular flexibility index (Phi) is 15.6. The van der Waals surface area contributed by atoms with E-state index in [1.807, 2.05) is 93.0 Å². The molecule has 2 aliphatic heterocycles. The molecule has 0 saturated carbocycles. The first-order valence-electron chi connectivity index (χ1n) is 21.3. The lowest BCUT2D eigenvalue weighted by Gasteiger charge is -2.38. The molecule has 0 radical (unpaired) electrons. The van der Waals surface area contributed by atoms with Crippen molar-refractivity contribution in [3.8, 4) is 0 Å². The van der Waals surface area contributed by atoms with Crippen molar-refractivity contribution >= 4 is 22.9 Å². The number of nitrogens with zero attached hydrogens (tertiary/aromatic N) is 3. The van der Waals surface area contributed by atoms with Crippen molar-refractivity contribution in [3.63, 3.8) is 0 Å². The number of ether oxygens (including phenoxy) is 2. The minimum atomic E-state index is -0.669. The molecule has 8 heteroatoms. The molecule has 59 heavy (non-hydrogen) atoms. The number of rotatable bonds is 16. The molecular formula is C51H62N4O4. The van der Waals surface area contributed by atoms with E-state index in [2.05, 4.69) is 94.5 Å². The van der Waals surface area contributed by atoms with Crippen LogP contribution in [0.2, 0.25) is 0 Å². The van der Waals surface area contributed by atoms with E-state index in [1.165, 1.54) is 11.1 Å². The van der Waals surface area contributed by atoms with Crippen LogP contribution in [0.1, 0.15) is 64.1 Å². The van der Waals surface area contributed by atoms with Crippen LogP contribution in [0.25, 0.3) is 0 Å². The zero-order valence-corrected chi connectivity index (χ0v) is 35.4. The third-order valence-corrected chi connectivity index (χ3v) is 12.1. The van der Waals surface area contributed by atoms with Gasteiger partial charge in [-0.1, -0.05) is 105 Å². The fraction of sp³-hybridized carbons (Fsp3) is 0.373. The Morgan fingerprint density at radius 1 is 0.542 bits per heavy atom. The van der Waals surface area contributed by atoms with Gasteiger partial charge >= 0.3 is 0 Å². The summed E-state index contributed by atoms with van der Waals surface area (Å²) in [6.07, 6.45) is 2.83. The number of hydrogen-bond donors (Lipinski definition) is 1. The first kappa shape index (κ1) is 43.5. The molecule has 8 nitrogen and oxygen atoms in total. The number of anilines is 2. The van der Waals surface area contributed by atoms with Gasteiger partial charge in [-0.25, -0.2) is 0 Å². The van der Waals surface area contributed by atoms with Crippen LogP contribution < -0.4 is 15.1 Å². The molecule has 5 aromatic carbocycles. The number of Topliss-reactive ketones (excluding diaryl/α,β-unsaturated/α-hetero) is 2. The van der Waals surface area contributed by atoms with E-state index in [9.17, 15) is 9.59 Å². The van der Waals surface area contributed by atoms with Gasteiger partial charge in [0.15, 0.2) is 11.6 Å². The molecule has 310 valence electrons. The quantitative estimate of drug-likeness (QED) is 0.0998. The Labute approximate surface area is 352 Å². The third-order valence-electron chi connectivity index (χ3n) is 12.1. The summed E-state index contributed by atoms with van der Waals surface area (Å²) in [7, 11) is 4.01. The highest BCUT2D eigenvalue weighted by molar-refractivity contribution is 6.04. The number of carbonyl (C=O) groups is 2. The van der Waals surface area contributed by atoms with E-state index < -0.39 is 11.1 Å². The van der Waals surface area contributed by atoms with E-state index in [4.69, 9.17) is 9.47 Å². The third kappa shape index (κ3) is 11.1. The van der Waals surface area contributed by atoms with Gasteiger partial charge < -0.3 is 24.6 Å². The molecule has 0 amide bonds. The molecule has 7 rings (SSSR count). The van der Waals surface area contributed by atoms with Gasteiger partial charge in [0.1, 0.15) is 0 Å². The van der Waals surface area contributed by atoms with E-state index in [1.54, 1.807) is 0 Å². The van der Waals surface area contributed by atoms with Gasteiger partial charge in [-0.3, -0.25) is 14.5 Å². The summed E-state index contributed by atoms with van der Waals surface area (Å²) in [6.45, 7) is 11.4. The van der Waals surface area contributed by atoms with Crippen LogP contribution in [0, 0.1) is 0 Å². The van der Waals surface area contributed by atoms with Crippen molar-refractivity contribution in [1.29, 1.82) is 0 Å². The molecule has 2 saturated heterocycles. The maximum absolute atomic E-state index is 13.9. The molecule has 0 spiro atoms. The predicted octanol–water partition coefficient (Wildman–Crippen LogP) is 8.55. The number of likely N-dealkylation sites (N-methyl/N-ethyl adjacent to an activating group) is 1. The topological polar surface area (TPSA) is 74.4 Å². The minimum Gasteiger partial charge on any atom is -0.378 e. The molecule has 2 aliphatic rings. The number of benzene rings is 5. The highest BCUT2D eigenvalue weighted by Gasteiger charge is 2.40. The first-order chi connectivity index (χ1) is 28.8. The molecule has 0 aromatic heterocycles. The predicted molar refractivity (Wildman–Crippen MR) is 241 cm³/mol. The normalized spacial score (nSPS) is 16.4. The molecule has 2 heterocycles. The average Bonchev–Trinajstić information content (AvgIpc) is 3.31. The van der Waals surface area contributed by atoms with Crippen molar-refractivity contribution in [3.05, 3.63) is 167 Å². The van der Waals surface area contributed by atoms with Gasteiger partial charge in [0.05, 0.1) is 37.5 Å². The second-order valence-corrected chi connectivity index (χ2v) is 15.8. The number of carbonyl (C=O) groups excluding carboxylic acids is 2. The molecule has 2 fully saturated rings. The van der Waals surface area contributed by atoms with Gasteiger partial charge in [0, 0.05) is 55.2 Å². The molecule has 0 bridgehead atoms. The summed E-state index contributed by atoms with van der Waals surface area (Å²) >= 11 is 0. The van der Waals surface area contributed by atoms with Gasteiger partial charge in [-0.2, -0.15) is 0 Å². The molecule has 2 atom stereocenters. The lowest BCUT2D eigenvalue weighted by atomic mass is 9.80. The Bertz CT molecular complexity index is 2010. The first-order valence-corrected chi connectivity index (χ1v) is 21.3. The van der Waals surface area contributed by atoms with E-state index in [0.29, 0.717) is 25.8 Å². The zero-order valence-electron chi connectivity index (χ0n) is 35.4. The van der Waals surface area contributed by atoms with Crippen LogP contribution in [-0.4, -0.2) is 94.2 Å². The van der Waals surface area contributed by atoms with Crippen molar-refractivity contribution in [1.82, 2.24) is 10.2 Å². The van der Waals surface area contributed by atoms with E-state index in [-0.39, 0.29) is 11.6 Å². The Morgan fingerprint density at radius 2 is 0.949 bits per heavy atom. The van der Waals surface area contributed by atoms with Crippen molar-refractivity contribution < 1.29 is 19.1 Å². The Balaban J connectivity index is 0.000000201. The van der Waals surface area contributed by atoms with Crippen LogP contribution >= 0.6 is 0 Å². The fourth-order valence-corrected chi connectivity index (χ4v) is 8.26. The van der Waals surface area contributed by atoms with Gasteiger partial charge in [0.25, 0.3) is 0 Å². The van der Waals surface area contributed by atoms with Crippen LogP contribution in [0.5, 0.6) is 0 Å². The van der Waals surface area contributed by atoms with Crippen LogP contribution in [0.4, 0.5) is 11.4 Å². The van der Waals surface area contributed by atoms with Crippen molar-refractivity contribution in [2.45, 2.75) is 57.2 Å². The standard InChI is InChI=1S/C28H32N2O2.C23H30N2O2/c1-2-28(21-23-9-5-3-6-10-23,29-22-24-11-7-4-8-12-24)27(31)25-13-15-26(16-14-25)30-17-19-32-20-18-30;1-4-23(24(2)3,18-19-8-6-5-7-9-19)22(26)20-10-12-21(13-11-20)25-14-16-27-17-15-25/h3-16,29H,2,17-22H2,1H3;5-13H,4,14-18H2,1-3H3. The lowest BCUT2D eigenvalue weighted by Crippen LogP contribution is -2.53. The second kappa shape index (κ2) is 21.2. The SMILES string of the molecule is CCC(Cc1ccccc1)(C(=O)c1ccc(N2CCOCC2)cc1)N(C)C.CCC(Cc1ccccc1)(NCc1ccccc1)C(=O)c1ccc(N2CCOCC2)cc1. The largest absolute Gasteiger partial charge is 0.378 e. The van der Waals surface area contributed by atoms with Crippen LogP contribution in [-0.2, 0) is 28.9 Å². The Morgan fingerprint density at radius 3 is 1.36 bits per heavy atom. The smallest absolute Gasteiger partial charge is 0.183 e. The highest BCUT2D eigenvalue weighted by Crippen LogP contribution is 2.30. The van der Waals surface area contributed by atoms with Crippen LogP contribution in [0.15, 0.2) is 140 Å². The van der Waals surface area contributed by atoms with Crippen LogP contribution in [0.3, 0.4) is 0 Å². The van der Waals surface area contributed by atoms with E-state index in [0.717, 1.165) is 87.1 Å². The Hall–Kier alpha value is -5.12. The maximum Gasteiger partial charge on any atom is 0.183 e. The van der Waals surface area contributed by atoms with Gasteiger partial charge in [-0.05, 0) is 105 Å². The van der Waals surface area contributed by atoms with Gasteiger partial charge in [-0.15, -0.1) is 0 Å². The summed E-state index contributed by atoms with van der Waals surface area (Å²) in [6, 6.07) is 47.0. The number of hydrogen-bond acceptors (Lipinski definition) is 8. The highest BCUT2D eigenvalue weighted by atomic mass is 16.5. The van der Waals surface area contributed by atoms with Crippen molar-refractivity contribution in [2.24, 2.45) is 0 Å². The summed E-state index contributed by atoms with van der Waals surface area (Å²) < 4.78 is 10.9. The number of morpholine rings is 2. The summed E-state index contributed by atoms with van der Waals surface area (Å²) in [5.74, 6) is 0.334.